The zero-order valence-electron chi connectivity index (χ0n) is 19.2. The van der Waals surface area contributed by atoms with Gasteiger partial charge in [0.1, 0.15) is 0 Å². The fourth-order valence-electron chi connectivity index (χ4n) is 4.53. The van der Waals surface area contributed by atoms with Crippen LogP contribution in [0.25, 0.3) is 4.91 Å². The predicted octanol–water partition coefficient (Wildman–Crippen LogP) is 7.49. The molecular weight excluding hydrogens is 444 g/mol. The molecule has 2 aromatic rings. The molecule has 0 aliphatic carbocycles. The van der Waals surface area contributed by atoms with Gasteiger partial charge in [0.15, 0.2) is 0 Å². The summed E-state index contributed by atoms with van der Waals surface area (Å²) in [5, 5.41) is 1.48. The van der Waals surface area contributed by atoms with Crippen LogP contribution in [0.2, 0.25) is 0 Å². The molecule has 4 atom stereocenters. The molecule has 2 nitrogen and oxygen atoms in total. The zero-order chi connectivity index (χ0) is 22.9. The molecule has 1 saturated heterocycles. The molecule has 1 fully saturated rings. The third kappa shape index (κ3) is 7.13. The van der Waals surface area contributed by atoms with Crippen molar-refractivity contribution in [2.75, 3.05) is 19.8 Å². The maximum Gasteiger partial charge on any atom is 0.0648 e. The van der Waals surface area contributed by atoms with Crippen LogP contribution in [0, 0.1) is 0 Å². The van der Waals surface area contributed by atoms with Gasteiger partial charge in [-0.2, -0.15) is 0 Å². The maximum absolute atomic E-state index is 6.09. The minimum Gasteiger partial charge on any atom is -0.376 e. The normalized spacial score (nSPS) is 24.9. The number of thioether (sulfide) groups is 2. The second-order valence-electron chi connectivity index (χ2n) is 8.65. The smallest absolute Gasteiger partial charge is 0.0648 e. The summed E-state index contributed by atoms with van der Waals surface area (Å²) in [5.74, 6) is 0. The number of ether oxygens (including phenoxy) is 2. The monoisotopic (exact) mass is 478 g/mol. The van der Waals surface area contributed by atoms with Crippen molar-refractivity contribution < 1.29 is 9.47 Å². The Hall–Kier alpha value is -1.72. The fourth-order valence-corrected chi connectivity index (χ4v) is 7.41. The molecule has 0 spiro atoms. The first-order chi connectivity index (χ1) is 16.2. The lowest BCUT2D eigenvalue weighted by Crippen LogP contribution is -2.30. The Morgan fingerprint density at radius 1 is 0.939 bits per heavy atom. The Kier molecular flexibility index (Phi) is 9.36. The average Bonchev–Trinajstić information content (AvgIpc) is 3.32. The SMILES string of the molecule is C=CCOC[C@@H]1C[C@H](OCC=C)C[C@H](c2cccc(CC3CC=C(c4ccccc4)S3)c2)S1. The van der Waals surface area contributed by atoms with Crippen molar-refractivity contribution in [1.82, 2.24) is 0 Å². The van der Waals surface area contributed by atoms with Gasteiger partial charge in [-0.3, -0.25) is 0 Å². The summed E-state index contributed by atoms with van der Waals surface area (Å²) in [5.41, 5.74) is 4.19. The highest BCUT2D eigenvalue weighted by Crippen LogP contribution is 2.45. The molecule has 0 radical (unpaired) electrons. The first kappa shape index (κ1) is 24.4. The second-order valence-corrected chi connectivity index (χ2v) is 11.5. The van der Waals surface area contributed by atoms with E-state index < -0.39 is 0 Å². The molecule has 0 aromatic heterocycles. The molecule has 2 aliphatic heterocycles. The van der Waals surface area contributed by atoms with E-state index in [-0.39, 0.29) is 6.10 Å². The van der Waals surface area contributed by atoms with Gasteiger partial charge in [0.05, 0.1) is 25.9 Å². The molecule has 1 unspecified atom stereocenters. The molecule has 0 N–H and O–H groups in total. The number of allylic oxidation sites excluding steroid dienone is 1. The minimum absolute atomic E-state index is 0.248. The van der Waals surface area contributed by atoms with Crippen molar-refractivity contribution in [3.8, 4) is 0 Å². The van der Waals surface area contributed by atoms with E-state index in [9.17, 15) is 0 Å². The van der Waals surface area contributed by atoms with Crippen molar-refractivity contribution in [3.05, 3.63) is 103 Å². The van der Waals surface area contributed by atoms with Crippen molar-refractivity contribution >= 4 is 28.4 Å². The van der Waals surface area contributed by atoms with Crippen LogP contribution in [0.1, 0.15) is 41.2 Å². The van der Waals surface area contributed by atoms with Crippen LogP contribution in [0.3, 0.4) is 0 Å². The Labute approximate surface area is 207 Å². The van der Waals surface area contributed by atoms with E-state index in [4.69, 9.17) is 9.47 Å². The molecule has 0 amide bonds. The van der Waals surface area contributed by atoms with E-state index in [1.165, 1.54) is 21.6 Å². The van der Waals surface area contributed by atoms with Crippen LogP contribution in [0.4, 0.5) is 0 Å². The van der Waals surface area contributed by atoms with Gasteiger partial charge in [0, 0.05) is 20.7 Å². The van der Waals surface area contributed by atoms with Crippen LogP contribution in [0.5, 0.6) is 0 Å². The molecule has 2 heterocycles. The van der Waals surface area contributed by atoms with Crippen LogP contribution in [-0.4, -0.2) is 36.4 Å². The molecule has 2 aromatic carbocycles. The van der Waals surface area contributed by atoms with E-state index in [2.05, 4.69) is 73.8 Å². The topological polar surface area (TPSA) is 18.5 Å². The van der Waals surface area contributed by atoms with E-state index in [1.54, 1.807) is 0 Å². The molecule has 4 heteroatoms. The zero-order valence-corrected chi connectivity index (χ0v) is 20.9. The largest absolute Gasteiger partial charge is 0.376 e. The Morgan fingerprint density at radius 3 is 2.61 bits per heavy atom. The maximum atomic E-state index is 6.09. The molecule has 33 heavy (non-hydrogen) atoms. The fraction of sp³-hybridized carbons (Fsp3) is 0.379. The van der Waals surface area contributed by atoms with Crippen molar-refractivity contribution in [2.24, 2.45) is 0 Å². The van der Waals surface area contributed by atoms with Gasteiger partial charge < -0.3 is 9.47 Å². The molecule has 174 valence electrons. The van der Waals surface area contributed by atoms with Crippen molar-refractivity contribution in [3.63, 3.8) is 0 Å². The quantitative estimate of drug-likeness (QED) is 0.246. The van der Waals surface area contributed by atoms with Crippen molar-refractivity contribution in [1.29, 1.82) is 0 Å². The third-order valence-corrected chi connectivity index (χ3v) is 8.91. The first-order valence-corrected chi connectivity index (χ1v) is 13.6. The first-order valence-electron chi connectivity index (χ1n) is 11.8. The number of benzene rings is 2. The second kappa shape index (κ2) is 12.7. The Bertz CT molecular complexity index is 940. The van der Waals surface area contributed by atoms with E-state index in [0.717, 1.165) is 32.3 Å². The summed E-state index contributed by atoms with van der Waals surface area (Å²) in [4.78, 5) is 1.42. The van der Waals surface area contributed by atoms with E-state index >= 15 is 0 Å². The highest BCUT2D eigenvalue weighted by atomic mass is 32.2. The standard InChI is InChI=1S/C29H34O2S2/c1-3-15-30-21-27-19-25(31-16-4-2)20-29(33-27)24-12-8-9-22(17-24)18-26-13-14-28(32-26)23-10-6-5-7-11-23/h3-12,14,17,25-27,29H,1-2,13,15-16,18-21H2/t25-,26?,27-,29+/m0/s1. The molecule has 4 rings (SSSR count). The van der Waals surface area contributed by atoms with Gasteiger partial charge in [-0.25, -0.2) is 0 Å². The lowest BCUT2D eigenvalue weighted by Gasteiger charge is -2.34. The van der Waals surface area contributed by atoms with Crippen LogP contribution < -0.4 is 0 Å². The van der Waals surface area contributed by atoms with Gasteiger partial charge in [-0.15, -0.1) is 36.7 Å². The number of hydrogen-bond donors (Lipinski definition) is 0. The molecule has 0 saturated carbocycles. The lowest BCUT2D eigenvalue weighted by molar-refractivity contribution is 0.0488. The third-order valence-electron chi connectivity index (χ3n) is 6.05. The van der Waals surface area contributed by atoms with Gasteiger partial charge in [-0.1, -0.05) is 72.8 Å². The Balaban J connectivity index is 1.39. The van der Waals surface area contributed by atoms with E-state index in [0.29, 0.717) is 29.0 Å². The lowest BCUT2D eigenvalue weighted by atomic mass is 9.98. The Morgan fingerprint density at radius 2 is 1.79 bits per heavy atom. The molecule has 2 aliphatic rings. The predicted molar refractivity (Wildman–Crippen MR) is 145 cm³/mol. The van der Waals surface area contributed by atoms with Gasteiger partial charge in [0.25, 0.3) is 0 Å². The number of rotatable bonds is 11. The summed E-state index contributed by atoms with van der Waals surface area (Å²) in [6.45, 7) is 9.53. The van der Waals surface area contributed by atoms with Gasteiger partial charge in [0.2, 0.25) is 0 Å². The highest BCUT2D eigenvalue weighted by molar-refractivity contribution is 8.09. The van der Waals surface area contributed by atoms with Crippen LogP contribution >= 0.6 is 23.5 Å². The van der Waals surface area contributed by atoms with Crippen LogP contribution in [-0.2, 0) is 15.9 Å². The summed E-state index contributed by atoms with van der Waals surface area (Å²) < 4.78 is 11.9. The summed E-state index contributed by atoms with van der Waals surface area (Å²) in [7, 11) is 0. The van der Waals surface area contributed by atoms with E-state index in [1.807, 2.05) is 35.7 Å². The summed E-state index contributed by atoms with van der Waals surface area (Å²) in [6.07, 6.45) is 10.6. The summed E-state index contributed by atoms with van der Waals surface area (Å²) >= 11 is 4.06. The number of hydrogen-bond acceptors (Lipinski definition) is 4. The van der Waals surface area contributed by atoms with Gasteiger partial charge in [-0.05, 0) is 42.4 Å². The molecule has 0 bridgehead atoms. The highest BCUT2D eigenvalue weighted by Gasteiger charge is 2.31. The van der Waals surface area contributed by atoms with Crippen molar-refractivity contribution in [2.45, 2.75) is 47.5 Å². The summed E-state index contributed by atoms with van der Waals surface area (Å²) in [6, 6.07) is 20.0. The molecular formula is C29H34O2S2. The average molecular weight is 479 g/mol. The van der Waals surface area contributed by atoms with Crippen LogP contribution in [0.15, 0.2) is 86.0 Å². The van der Waals surface area contributed by atoms with Gasteiger partial charge >= 0.3 is 0 Å². The minimum atomic E-state index is 0.248.